The molecule has 0 saturated carbocycles. The van der Waals surface area contributed by atoms with Gasteiger partial charge in [-0.1, -0.05) is 53.3 Å². The number of carbonyl (C=O) groups excluding carboxylic acids is 2. The van der Waals surface area contributed by atoms with E-state index in [0.717, 1.165) is 16.1 Å². The Morgan fingerprint density at radius 1 is 1.04 bits per heavy atom. The molecule has 2 aromatic carbocycles. The van der Waals surface area contributed by atoms with Crippen LogP contribution < -0.4 is 10.6 Å². The highest BCUT2D eigenvalue weighted by molar-refractivity contribution is 7.18. The van der Waals surface area contributed by atoms with E-state index < -0.39 is 6.04 Å². The van der Waals surface area contributed by atoms with Gasteiger partial charge in [0.05, 0.1) is 0 Å². The van der Waals surface area contributed by atoms with Crippen LogP contribution in [-0.4, -0.2) is 28.1 Å². The Morgan fingerprint density at radius 2 is 1.81 bits per heavy atom. The molecular formula is C19H18N4O2S. The van der Waals surface area contributed by atoms with Gasteiger partial charge >= 0.3 is 0 Å². The number of anilines is 1. The van der Waals surface area contributed by atoms with E-state index in [1.54, 1.807) is 31.2 Å². The maximum absolute atomic E-state index is 12.3. The number of rotatable bonds is 5. The average molecular weight is 366 g/mol. The third kappa shape index (κ3) is 4.31. The summed E-state index contributed by atoms with van der Waals surface area (Å²) in [6, 6.07) is 16.0. The summed E-state index contributed by atoms with van der Waals surface area (Å²) in [4.78, 5) is 24.4. The Kier molecular flexibility index (Phi) is 5.38. The molecule has 0 bridgehead atoms. The SMILES string of the molecule is Cc1cccc(-c2nnc(NC(=O)[C@@H](C)NC(=O)c3ccccc3)s2)c1. The molecule has 2 N–H and O–H groups in total. The van der Waals surface area contributed by atoms with Gasteiger partial charge in [-0.05, 0) is 32.0 Å². The summed E-state index contributed by atoms with van der Waals surface area (Å²) in [6.45, 7) is 3.63. The van der Waals surface area contributed by atoms with Gasteiger partial charge in [-0.25, -0.2) is 0 Å². The zero-order chi connectivity index (χ0) is 18.5. The number of amides is 2. The molecule has 7 heteroatoms. The highest BCUT2D eigenvalue weighted by Gasteiger charge is 2.18. The van der Waals surface area contributed by atoms with Crippen molar-refractivity contribution in [2.75, 3.05) is 5.32 Å². The molecule has 26 heavy (non-hydrogen) atoms. The van der Waals surface area contributed by atoms with E-state index in [4.69, 9.17) is 0 Å². The average Bonchev–Trinajstić information content (AvgIpc) is 3.11. The molecule has 1 heterocycles. The van der Waals surface area contributed by atoms with Crippen molar-refractivity contribution < 1.29 is 9.59 Å². The number of hydrogen-bond donors (Lipinski definition) is 2. The summed E-state index contributed by atoms with van der Waals surface area (Å²) in [6.07, 6.45) is 0. The predicted octanol–water partition coefficient (Wildman–Crippen LogP) is 3.27. The van der Waals surface area contributed by atoms with Crippen molar-refractivity contribution in [2.24, 2.45) is 0 Å². The van der Waals surface area contributed by atoms with Crippen LogP contribution in [0.5, 0.6) is 0 Å². The smallest absolute Gasteiger partial charge is 0.251 e. The van der Waals surface area contributed by atoms with Gasteiger partial charge < -0.3 is 5.32 Å². The number of carbonyl (C=O) groups is 2. The molecule has 0 saturated heterocycles. The Balaban J connectivity index is 1.62. The Labute approximate surface area is 155 Å². The van der Waals surface area contributed by atoms with E-state index in [-0.39, 0.29) is 11.8 Å². The summed E-state index contributed by atoms with van der Waals surface area (Å²) in [5.74, 6) is -0.646. The molecule has 3 rings (SSSR count). The van der Waals surface area contributed by atoms with Crippen LogP contribution in [0.4, 0.5) is 5.13 Å². The van der Waals surface area contributed by atoms with Crippen molar-refractivity contribution >= 4 is 28.3 Å². The van der Waals surface area contributed by atoms with E-state index >= 15 is 0 Å². The minimum absolute atomic E-state index is 0.300. The lowest BCUT2D eigenvalue weighted by Gasteiger charge is -2.12. The maximum atomic E-state index is 12.3. The number of benzene rings is 2. The second-order valence-corrected chi connectivity index (χ2v) is 6.81. The summed E-state index contributed by atoms with van der Waals surface area (Å²) < 4.78 is 0. The normalized spacial score (nSPS) is 11.6. The Bertz CT molecular complexity index is 924. The van der Waals surface area contributed by atoms with Crippen LogP contribution in [0.1, 0.15) is 22.8 Å². The van der Waals surface area contributed by atoms with Gasteiger partial charge in [-0.15, -0.1) is 10.2 Å². The van der Waals surface area contributed by atoms with E-state index in [0.29, 0.717) is 10.7 Å². The zero-order valence-corrected chi connectivity index (χ0v) is 15.2. The van der Waals surface area contributed by atoms with Gasteiger partial charge in [0.2, 0.25) is 11.0 Å². The van der Waals surface area contributed by atoms with Crippen molar-refractivity contribution in [1.29, 1.82) is 0 Å². The van der Waals surface area contributed by atoms with Crippen molar-refractivity contribution in [3.8, 4) is 10.6 Å². The molecule has 0 aliphatic heterocycles. The van der Waals surface area contributed by atoms with E-state index in [2.05, 4.69) is 20.8 Å². The molecule has 0 unspecified atom stereocenters. The molecule has 0 spiro atoms. The number of aryl methyl sites for hydroxylation is 1. The van der Waals surface area contributed by atoms with Gasteiger partial charge in [-0.3, -0.25) is 14.9 Å². The molecule has 0 aliphatic carbocycles. The highest BCUT2D eigenvalue weighted by Crippen LogP contribution is 2.26. The minimum Gasteiger partial charge on any atom is -0.341 e. The molecular weight excluding hydrogens is 348 g/mol. The van der Waals surface area contributed by atoms with Crippen LogP contribution in [0.25, 0.3) is 10.6 Å². The lowest BCUT2D eigenvalue weighted by atomic mass is 10.1. The molecule has 0 aliphatic rings. The lowest BCUT2D eigenvalue weighted by Crippen LogP contribution is -2.41. The van der Waals surface area contributed by atoms with E-state index in [1.807, 2.05) is 37.3 Å². The Morgan fingerprint density at radius 3 is 2.54 bits per heavy atom. The highest BCUT2D eigenvalue weighted by atomic mass is 32.1. The third-order valence-electron chi connectivity index (χ3n) is 3.70. The van der Waals surface area contributed by atoms with Gasteiger partial charge in [-0.2, -0.15) is 0 Å². The first-order valence-corrected chi connectivity index (χ1v) is 8.92. The molecule has 3 aromatic rings. The van der Waals surface area contributed by atoms with Gasteiger partial charge in [0, 0.05) is 11.1 Å². The van der Waals surface area contributed by atoms with E-state index in [1.165, 1.54) is 11.3 Å². The second-order valence-electron chi connectivity index (χ2n) is 5.83. The van der Waals surface area contributed by atoms with Crippen molar-refractivity contribution in [3.63, 3.8) is 0 Å². The van der Waals surface area contributed by atoms with Crippen LogP contribution in [0.3, 0.4) is 0 Å². The first-order chi connectivity index (χ1) is 12.5. The van der Waals surface area contributed by atoms with Crippen LogP contribution in [-0.2, 0) is 4.79 Å². The first kappa shape index (κ1) is 17.8. The largest absolute Gasteiger partial charge is 0.341 e. The topological polar surface area (TPSA) is 84.0 Å². The monoisotopic (exact) mass is 366 g/mol. The number of hydrogen-bond acceptors (Lipinski definition) is 5. The standard InChI is InChI=1S/C19H18N4O2S/c1-12-7-6-10-15(11-12)18-22-23-19(26-18)21-16(24)13(2)20-17(25)14-8-4-3-5-9-14/h3-11,13H,1-2H3,(H,20,25)(H,21,23,24)/t13-/m1/s1. The van der Waals surface area contributed by atoms with Gasteiger partial charge in [0.15, 0.2) is 0 Å². The maximum Gasteiger partial charge on any atom is 0.251 e. The van der Waals surface area contributed by atoms with Crippen LogP contribution >= 0.6 is 11.3 Å². The quantitative estimate of drug-likeness (QED) is 0.726. The summed E-state index contributed by atoms with van der Waals surface area (Å²) in [7, 11) is 0. The first-order valence-electron chi connectivity index (χ1n) is 8.10. The second kappa shape index (κ2) is 7.88. The predicted molar refractivity (Wildman–Crippen MR) is 102 cm³/mol. The molecule has 1 aromatic heterocycles. The summed E-state index contributed by atoms with van der Waals surface area (Å²) in [5, 5.41) is 14.6. The van der Waals surface area contributed by atoms with E-state index in [9.17, 15) is 9.59 Å². The van der Waals surface area contributed by atoms with Crippen molar-refractivity contribution in [3.05, 3.63) is 65.7 Å². The van der Waals surface area contributed by atoms with Gasteiger partial charge in [0.25, 0.3) is 5.91 Å². The zero-order valence-electron chi connectivity index (χ0n) is 14.4. The van der Waals surface area contributed by atoms with Crippen LogP contribution in [0, 0.1) is 6.92 Å². The van der Waals surface area contributed by atoms with Crippen LogP contribution in [0.15, 0.2) is 54.6 Å². The minimum atomic E-state index is -0.700. The third-order valence-corrected chi connectivity index (χ3v) is 4.58. The Hall–Kier alpha value is -3.06. The molecule has 6 nitrogen and oxygen atoms in total. The molecule has 2 amide bonds. The fraction of sp³-hybridized carbons (Fsp3) is 0.158. The number of nitrogens with one attached hydrogen (secondary N) is 2. The van der Waals surface area contributed by atoms with Gasteiger partial charge in [0.1, 0.15) is 11.0 Å². The molecule has 132 valence electrons. The molecule has 0 fully saturated rings. The number of aromatic nitrogens is 2. The summed E-state index contributed by atoms with van der Waals surface area (Å²) >= 11 is 1.29. The molecule has 1 atom stereocenters. The lowest BCUT2D eigenvalue weighted by molar-refractivity contribution is -0.117. The summed E-state index contributed by atoms with van der Waals surface area (Å²) in [5.41, 5.74) is 2.58. The number of nitrogens with zero attached hydrogens (tertiary/aromatic N) is 2. The van der Waals surface area contributed by atoms with Crippen molar-refractivity contribution in [2.45, 2.75) is 19.9 Å². The molecule has 0 radical (unpaired) electrons. The fourth-order valence-electron chi connectivity index (χ4n) is 2.32. The fourth-order valence-corrected chi connectivity index (χ4v) is 3.06. The van der Waals surface area contributed by atoms with Crippen LogP contribution in [0.2, 0.25) is 0 Å². The van der Waals surface area contributed by atoms with Crippen molar-refractivity contribution in [1.82, 2.24) is 15.5 Å².